The third-order valence-corrected chi connectivity index (χ3v) is 3.30. The van der Waals surface area contributed by atoms with E-state index in [1.807, 2.05) is 45.2 Å². The van der Waals surface area contributed by atoms with Gasteiger partial charge in [-0.2, -0.15) is 0 Å². The van der Waals surface area contributed by atoms with Crippen LogP contribution in [0.25, 0.3) is 27.4 Å². The van der Waals surface area contributed by atoms with E-state index in [1.54, 1.807) is 12.3 Å². The van der Waals surface area contributed by atoms with E-state index < -0.39 is 0 Å². The zero-order chi connectivity index (χ0) is 15.9. The quantitative estimate of drug-likeness (QED) is 0.559. The Morgan fingerprint density at radius 2 is 1.91 bits per heavy atom. The summed E-state index contributed by atoms with van der Waals surface area (Å²) < 4.78 is 6.00. The molecule has 0 aliphatic heterocycles. The van der Waals surface area contributed by atoms with Gasteiger partial charge in [-0.25, -0.2) is 4.98 Å². The van der Waals surface area contributed by atoms with Gasteiger partial charge in [-0.1, -0.05) is 18.7 Å². The van der Waals surface area contributed by atoms with Gasteiger partial charge in [0.05, 0.1) is 5.52 Å². The summed E-state index contributed by atoms with van der Waals surface area (Å²) in [5, 5.41) is 12.5. The van der Waals surface area contributed by atoms with Gasteiger partial charge >= 0.3 is 0 Å². The maximum Gasteiger partial charge on any atom is 0.222 e. The summed E-state index contributed by atoms with van der Waals surface area (Å²) in [6, 6.07) is 7.45. The molecule has 0 aliphatic carbocycles. The van der Waals surface area contributed by atoms with E-state index in [1.165, 1.54) is 0 Å². The Kier molecular flexibility index (Phi) is 3.24. The van der Waals surface area contributed by atoms with Gasteiger partial charge < -0.3 is 9.84 Å². The summed E-state index contributed by atoms with van der Waals surface area (Å²) in [7, 11) is 0. The molecule has 0 unspecified atom stereocenters. The number of aliphatic hydroxyl groups excluding tert-OH is 1. The highest BCUT2D eigenvalue weighted by Gasteiger charge is 2.17. The van der Waals surface area contributed by atoms with Crippen LogP contribution in [0, 0.1) is 0 Å². The lowest BCUT2D eigenvalue weighted by atomic mass is 10.1. The number of nitrogens with zero attached hydrogens (tertiary/aromatic N) is 2. The van der Waals surface area contributed by atoms with Crippen LogP contribution in [-0.4, -0.2) is 20.7 Å². The van der Waals surface area contributed by atoms with E-state index in [4.69, 9.17) is 4.74 Å². The smallest absolute Gasteiger partial charge is 0.222 e. The van der Waals surface area contributed by atoms with Gasteiger partial charge in [-0.05, 0) is 32.9 Å². The molecule has 1 N–H and O–H groups in total. The maximum atomic E-state index is 9.59. The Hall–Kier alpha value is -2.62. The maximum absolute atomic E-state index is 9.59. The lowest BCUT2D eigenvalue weighted by molar-refractivity contribution is 0.127. The average molecular weight is 294 g/mol. The molecule has 112 valence electrons. The first-order valence-corrected chi connectivity index (χ1v) is 7.10. The van der Waals surface area contributed by atoms with Crippen LogP contribution in [0.4, 0.5) is 0 Å². The summed E-state index contributed by atoms with van der Waals surface area (Å²) in [4.78, 5) is 8.84. The van der Waals surface area contributed by atoms with Gasteiger partial charge in [-0.15, -0.1) is 0 Å². The SMILES string of the molecule is C=C(O)c1ccc2c(c1)nc(OC(C)(C)C)c1ccncc12. The van der Waals surface area contributed by atoms with Gasteiger partial charge in [0.1, 0.15) is 11.4 Å². The van der Waals surface area contributed by atoms with E-state index in [2.05, 4.69) is 16.5 Å². The van der Waals surface area contributed by atoms with Crippen molar-refractivity contribution in [3.63, 3.8) is 0 Å². The molecule has 3 aromatic rings. The molecular formula is C18H18N2O2. The van der Waals surface area contributed by atoms with E-state index in [-0.39, 0.29) is 11.4 Å². The van der Waals surface area contributed by atoms with Crippen molar-refractivity contribution in [2.75, 3.05) is 0 Å². The molecule has 0 spiro atoms. The highest BCUT2D eigenvalue weighted by Crippen LogP contribution is 2.32. The molecule has 0 radical (unpaired) electrons. The first-order valence-electron chi connectivity index (χ1n) is 7.10. The number of hydrogen-bond donors (Lipinski definition) is 1. The fourth-order valence-electron chi connectivity index (χ4n) is 2.36. The third-order valence-electron chi connectivity index (χ3n) is 3.30. The largest absolute Gasteiger partial charge is 0.508 e. The second-order valence-electron chi connectivity index (χ2n) is 6.23. The topological polar surface area (TPSA) is 55.2 Å². The molecule has 0 saturated carbocycles. The number of pyridine rings is 2. The molecule has 0 saturated heterocycles. The standard InChI is InChI=1S/C18H18N2O2/c1-11(21)12-5-6-13-15-10-19-8-7-14(15)17(20-16(13)9-12)22-18(2,3)4/h5-10,21H,1H2,2-4H3. The predicted molar refractivity (Wildman–Crippen MR) is 89.1 cm³/mol. The summed E-state index contributed by atoms with van der Waals surface area (Å²) >= 11 is 0. The van der Waals surface area contributed by atoms with Crippen molar-refractivity contribution in [1.29, 1.82) is 0 Å². The molecule has 4 heteroatoms. The number of benzene rings is 1. The minimum atomic E-state index is -0.352. The Labute approximate surface area is 129 Å². The summed E-state index contributed by atoms with van der Waals surface area (Å²) in [5.74, 6) is 0.589. The van der Waals surface area contributed by atoms with E-state index in [0.717, 1.165) is 21.7 Å². The molecule has 1 aromatic carbocycles. The number of hydrogen-bond acceptors (Lipinski definition) is 4. The molecule has 0 atom stereocenters. The van der Waals surface area contributed by atoms with E-state index in [9.17, 15) is 5.11 Å². The summed E-state index contributed by atoms with van der Waals surface area (Å²) in [5.41, 5.74) is 1.03. The number of ether oxygens (including phenoxy) is 1. The van der Waals surface area contributed by atoms with Crippen LogP contribution in [0.15, 0.2) is 43.2 Å². The van der Waals surface area contributed by atoms with Crippen molar-refractivity contribution in [3.05, 3.63) is 48.8 Å². The Morgan fingerprint density at radius 3 is 2.59 bits per heavy atom. The average Bonchev–Trinajstić information content (AvgIpc) is 2.45. The Balaban J connectivity index is 2.34. The third kappa shape index (κ3) is 2.60. The Morgan fingerprint density at radius 1 is 1.14 bits per heavy atom. The molecule has 2 heterocycles. The monoisotopic (exact) mass is 294 g/mol. The first-order chi connectivity index (χ1) is 10.3. The number of aliphatic hydroxyl groups is 1. The number of rotatable bonds is 2. The van der Waals surface area contributed by atoms with Crippen LogP contribution in [0.3, 0.4) is 0 Å². The number of fused-ring (bicyclic) bond motifs is 3. The van der Waals surface area contributed by atoms with Gasteiger partial charge in [0.25, 0.3) is 0 Å². The van der Waals surface area contributed by atoms with Crippen molar-refractivity contribution < 1.29 is 9.84 Å². The van der Waals surface area contributed by atoms with Gasteiger partial charge in [-0.3, -0.25) is 4.98 Å². The number of aromatic nitrogens is 2. The van der Waals surface area contributed by atoms with Crippen molar-refractivity contribution in [1.82, 2.24) is 9.97 Å². The minimum Gasteiger partial charge on any atom is -0.508 e. The molecule has 2 aromatic heterocycles. The normalized spacial score (nSPS) is 11.8. The van der Waals surface area contributed by atoms with Crippen molar-refractivity contribution in [3.8, 4) is 5.88 Å². The highest BCUT2D eigenvalue weighted by atomic mass is 16.5. The lowest BCUT2D eigenvalue weighted by Crippen LogP contribution is -2.23. The van der Waals surface area contributed by atoms with Crippen LogP contribution in [0.2, 0.25) is 0 Å². The van der Waals surface area contributed by atoms with E-state index in [0.29, 0.717) is 11.4 Å². The predicted octanol–water partition coefficient (Wildman–Crippen LogP) is 4.49. The molecule has 22 heavy (non-hydrogen) atoms. The zero-order valence-electron chi connectivity index (χ0n) is 12.9. The molecule has 0 fully saturated rings. The van der Waals surface area contributed by atoms with Crippen LogP contribution in [0.5, 0.6) is 5.88 Å². The van der Waals surface area contributed by atoms with Crippen LogP contribution < -0.4 is 4.74 Å². The molecule has 4 nitrogen and oxygen atoms in total. The van der Waals surface area contributed by atoms with Crippen molar-refractivity contribution in [2.24, 2.45) is 0 Å². The van der Waals surface area contributed by atoms with Crippen molar-refractivity contribution in [2.45, 2.75) is 26.4 Å². The highest BCUT2D eigenvalue weighted by molar-refractivity contribution is 6.07. The van der Waals surface area contributed by atoms with Crippen molar-refractivity contribution >= 4 is 27.4 Å². The second-order valence-corrected chi connectivity index (χ2v) is 6.23. The van der Waals surface area contributed by atoms with Gasteiger partial charge in [0.15, 0.2) is 0 Å². The van der Waals surface area contributed by atoms with E-state index >= 15 is 0 Å². The Bertz CT molecular complexity index is 879. The molecule has 3 rings (SSSR count). The first kappa shape index (κ1) is 14.3. The second kappa shape index (κ2) is 4.98. The van der Waals surface area contributed by atoms with Gasteiger partial charge in [0.2, 0.25) is 5.88 Å². The fourth-order valence-corrected chi connectivity index (χ4v) is 2.36. The van der Waals surface area contributed by atoms with Gasteiger partial charge in [0, 0.05) is 34.1 Å². The lowest BCUT2D eigenvalue weighted by Gasteiger charge is -2.22. The fraction of sp³-hybridized carbons (Fsp3) is 0.222. The minimum absolute atomic E-state index is 0.0215. The van der Waals surface area contributed by atoms with Crippen LogP contribution >= 0.6 is 0 Å². The zero-order valence-corrected chi connectivity index (χ0v) is 12.9. The van der Waals surface area contributed by atoms with Crippen LogP contribution in [0.1, 0.15) is 26.3 Å². The van der Waals surface area contributed by atoms with Crippen LogP contribution in [-0.2, 0) is 0 Å². The molecule has 0 amide bonds. The molecule has 0 aliphatic rings. The summed E-state index contributed by atoms with van der Waals surface area (Å²) in [6.45, 7) is 9.51. The molecule has 0 bridgehead atoms. The molecular weight excluding hydrogens is 276 g/mol. The summed E-state index contributed by atoms with van der Waals surface area (Å²) in [6.07, 6.45) is 3.54.